The normalized spacial score (nSPS) is 11.3. The molecule has 4 aromatic rings. The number of nitrogens with one attached hydrogen (secondary N) is 1. The maximum Gasteiger partial charge on any atom is 0.261 e. The highest BCUT2D eigenvalue weighted by molar-refractivity contribution is 7.92. The molecule has 0 aliphatic rings. The van der Waals surface area contributed by atoms with Gasteiger partial charge >= 0.3 is 0 Å². The summed E-state index contributed by atoms with van der Waals surface area (Å²) in [4.78, 5) is 0.0889. The van der Waals surface area contributed by atoms with Crippen LogP contribution in [0.5, 0.6) is 11.6 Å². The minimum Gasteiger partial charge on any atom is -0.438 e. The van der Waals surface area contributed by atoms with Gasteiger partial charge < -0.3 is 4.74 Å². The molecule has 0 saturated heterocycles. The Hall–Kier alpha value is -3.43. The second-order valence-corrected chi connectivity index (χ2v) is 8.41. The van der Waals surface area contributed by atoms with Crippen LogP contribution in [0.1, 0.15) is 5.56 Å². The summed E-state index contributed by atoms with van der Waals surface area (Å²) in [5.41, 5.74) is 1.19. The molecule has 0 atom stereocenters. The number of sulfonamides is 1. The Morgan fingerprint density at radius 2 is 1.83 bits per heavy atom. The molecule has 0 unspecified atom stereocenters. The molecular formula is C20H16ClN5O3S. The van der Waals surface area contributed by atoms with Crippen molar-refractivity contribution in [3.05, 3.63) is 83.6 Å². The number of rotatable bonds is 6. The van der Waals surface area contributed by atoms with E-state index in [1.165, 1.54) is 12.1 Å². The van der Waals surface area contributed by atoms with E-state index in [0.717, 1.165) is 5.56 Å². The van der Waals surface area contributed by atoms with Crippen LogP contribution in [0.2, 0.25) is 5.02 Å². The number of hydrogen-bond donors (Lipinski definition) is 1. The second kappa shape index (κ2) is 8.13. The Morgan fingerprint density at radius 1 is 1.03 bits per heavy atom. The third-order valence-corrected chi connectivity index (χ3v) is 5.93. The van der Waals surface area contributed by atoms with Crippen LogP contribution in [0.3, 0.4) is 0 Å². The maximum absolute atomic E-state index is 12.5. The molecule has 8 nitrogen and oxygen atoms in total. The standard InChI is InChI=1S/C20H16ClN5O3S/c1-14-3-8-17(13-18(14)21)30(27,28)25-15-4-6-16(7-5-15)29-20-10-9-19(23-24-20)26-12-2-11-22-26/h2-13,25H,1H3. The van der Waals surface area contributed by atoms with Gasteiger partial charge in [-0.25, -0.2) is 13.1 Å². The molecule has 2 aromatic carbocycles. The highest BCUT2D eigenvalue weighted by Crippen LogP contribution is 2.25. The minimum absolute atomic E-state index is 0.0889. The molecule has 1 N–H and O–H groups in total. The second-order valence-electron chi connectivity index (χ2n) is 6.32. The first kappa shape index (κ1) is 19.9. The van der Waals surface area contributed by atoms with Crippen molar-refractivity contribution < 1.29 is 13.2 Å². The SMILES string of the molecule is Cc1ccc(S(=O)(=O)Nc2ccc(Oc3ccc(-n4cccn4)nn3)cc2)cc1Cl. The number of aromatic nitrogens is 4. The average Bonchev–Trinajstić information content (AvgIpc) is 3.27. The quantitative estimate of drug-likeness (QED) is 0.481. The van der Waals surface area contributed by atoms with Crippen LogP contribution in [-0.4, -0.2) is 28.4 Å². The molecular weight excluding hydrogens is 426 g/mol. The average molecular weight is 442 g/mol. The first-order valence-corrected chi connectivity index (χ1v) is 10.7. The lowest BCUT2D eigenvalue weighted by Crippen LogP contribution is -2.12. The van der Waals surface area contributed by atoms with E-state index in [-0.39, 0.29) is 4.90 Å². The molecule has 152 valence electrons. The summed E-state index contributed by atoms with van der Waals surface area (Å²) in [5.74, 6) is 1.35. The van der Waals surface area contributed by atoms with E-state index in [1.54, 1.807) is 72.5 Å². The van der Waals surface area contributed by atoms with Crippen molar-refractivity contribution >= 4 is 27.3 Å². The van der Waals surface area contributed by atoms with Crippen molar-refractivity contribution in [1.29, 1.82) is 0 Å². The lowest BCUT2D eigenvalue weighted by molar-refractivity contribution is 0.454. The number of halogens is 1. The largest absolute Gasteiger partial charge is 0.438 e. The lowest BCUT2D eigenvalue weighted by atomic mass is 10.2. The molecule has 2 aromatic heterocycles. The zero-order valence-corrected chi connectivity index (χ0v) is 17.3. The van der Waals surface area contributed by atoms with Crippen molar-refractivity contribution in [1.82, 2.24) is 20.0 Å². The van der Waals surface area contributed by atoms with Crippen LogP contribution in [0.4, 0.5) is 5.69 Å². The molecule has 0 bridgehead atoms. The molecule has 0 radical (unpaired) electrons. The fourth-order valence-electron chi connectivity index (χ4n) is 2.56. The van der Waals surface area contributed by atoms with E-state index in [1.807, 2.05) is 0 Å². The van der Waals surface area contributed by atoms with Gasteiger partial charge in [-0.15, -0.1) is 10.2 Å². The van der Waals surface area contributed by atoms with Gasteiger partial charge in [0, 0.05) is 29.2 Å². The van der Waals surface area contributed by atoms with Crippen molar-refractivity contribution in [2.24, 2.45) is 0 Å². The van der Waals surface area contributed by atoms with Crippen LogP contribution in [0.25, 0.3) is 5.82 Å². The summed E-state index contributed by atoms with van der Waals surface area (Å²) in [6.45, 7) is 1.81. The van der Waals surface area contributed by atoms with Gasteiger partial charge in [0.1, 0.15) is 5.75 Å². The molecule has 0 aliphatic heterocycles. The summed E-state index contributed by atoms with van der Waals surface area (Å²) in [7, 11) is -3.76. The summed E-state index contributed by atoms with van der Waals surface area (Å²) in [6, 6.07) is 16.2. The predicted molar refractivity (Wildman–Crippen MR) is 113 cm³/mol. The Kier molecular flexibility index (Phi) is 5.39. The molecule has 0 aliphatic carbocycles. The smallest absolute Gasteiger partial charge is 0.261 e. The molecule has 2 heterocycles. The highest BCUT2D eigenvalue weighted by atomic mass is 35.5. The Morgan fingerprint density at radius 3 is 2.47 bits per heavy atom. The zero-order chi connectivity index (χ0) is 21.1. The van der Waals surface area contributed by atoms with Gasteiger partial charge in [-0.05, 0) is 61.0 Å². The molecule has 0 amide bonds. The first-order chi connectivity index (χ1) is 14.4. The number of benzene rings is 2. The molecule has 4 rings (SSSR count). The van der Waals surface area contributed by atoms with Gasteiger partial charge in [0.15, 0.2) is 5.82 Å². The summed E-state index contributed by atoms with van der Waals surface area (Å²) in [6.07, 6.45) is 3.41. The van der Waals surface area contributed by atoms with Gasteiger partial charge in [0.25, 0.3) is 10.0 Å². The van der Waals surface area contributed by atoms with Crippen LogP contribution < -0.4 is 9.46 Å². The third-order valence-electron chi connectivity index (χ3n) is 4.15. The van der Waals surface area contributed by atoms with E-state index in [2.05, 4.69) is 20.0 Å². The number of aryl methyl sites for hydroxylation is 1. The summed E-state index contributed by atoms with van der Waals surface area (Å²) < 4.78 is 34.8. The maximum atomic E-state index is 12.5. The molecule has 30 heavy (non-hydrogen) atoms. The minimum atomic E-state index is -3.76. The topological polar surface area (TPSA) is 99.0 Å². The Labute approximate surface area is 178 Å². The molecule has 0 spiro atoms. The first-order valence-electron chi connectivity index (χ1n) is 8.81. The van der Waals surface area contributed by atoms with E-state index in [9.17, 15) is 8.42 Å². The Bertz CT molecular complexity index is 1260. The van der Waals surface area contributed by atoms with Gasteiger partial charge in [-0.2, -0.15) is 5.10 Å². The number of nitrogens with zero attached hydrogens (tertiary/aromatic N) is 4. The monoisotopic (exact) mass is 441 g/mol. The predicted octanol–water partition coefficient (Wildman–Crippen LogP) is 4.22. The van der Waals surface area contributed by atoms with E-state index < -0.39 is 10.0 Å². The van der Waals surface area contributed by atoms with Crippen molar-refractivity contribution in [3.63, 3.8) is 0 Å². The van der Waals surface area contributed by atoms with Crippen molar-refractivity contribution in [2.75, 3.05) is 4.72 Å². The fraction of sp³-hybridized carbons (Fsp3) is 0.0500. The van der Waals surface area contributed by atoms with Crippen molar-refractivity contribution in [2.45, 2.75) is 11.8 Å². The lowest BCUT2D eigenvalue weighted by Gasteiger charge is -2.10. The summed E-state index contributed by atoms with van der Waals surface area (Å²) in [5, 5.41) is 12.5. The third kappa shape index (κ3) is 4.42. The number of hydrogen-bond acceptors (Lipinski definition) is 6. The van der Waals surface area contributed by atoms with E-state index in [4.69, 9.17) is 16.3 Å². The number of anilines is 1. The molecule has 0 fully saturated rings. The number of ether oxygens (including phenoxy) is 1. The fourth-order valence-corrected chi connectivity index (χ4v) is 3.89. The Balaban J connectivity index is 1.44. The van der Waals surface area contributed by atoms with Gasteiger partial charge in [-0.3, -0.25) is 4.72 Å². The van der Waals surface area contributed by atoms with Crippen LogP contribution in [0, 0.1) is 6.92 Å². The summed E-state index contributed by atoms with van der Waals surface area (Å²) >= 11 is 6.03. The highest BCUT2D eigenvalue weighted by Gasteiger charge is 2.15. The van der Waals surface area contributed by atoms with Gasteiger partial charge in [0.05, 0.1) is 4.90 Å². The van der Waals surface area contributed by atoms with Crippen LogP contribution >= 0.6 is 11.6 Å². The van der Waals surface area contributed by atoms with Crippen molar-refractivity contribution in [3.8, 4) is 17.4 Å². The zero-order valence-electron chi connectivity index (χ0n) is 15.7. The van der Waals surface area contributed by atoms with E-state index in [0.29, 0.717) is 28.2 Å². The molecule has 10 heteroatoms. The van der Waals surface area contributed by atoms with Gasteiger partial charge in [0.2, 0.25) is 5.88 Å². The molecule has 0 saturated carbocycles. The van der Waals surface area contributed by atoms with Gasteiger partial charge in [-0.1, -0.05) is 17.7 Å². The van der Waals surface area contributed by atoms with E-state index >= 15 is 0 Å². The van der Waals surface area contributed by atoms with Crippen LogP contribution in [0.15, 0.2) is 78.0 Å². The van der Waals surface area contributed by atoms with Crippen LogP contribution in [-0.2, 0) is 10.0 Å².